The maximum absolute atomic E-state index is 11.7. The van der Waals surface area contributed by atoms with E-state index in [-0.39, 0.29) is 11.7 Å². The Labute approximate surface area is 92.2 Å². The van der Waals surface area contributed by atoms with Gasteiger partial charge in [-0.25, -0.2) is 4.79 Å². The molecule has 1 aromatic rings. The van der Waals surface area contributed by atoms with E-state index in [0.717, 1.165) is 0 Å². The number of benzene rings is 1. The molecule has 0 aliphatic carbocycles. The quantitative estimate of drug-likeness (QED) is 0.561. The van der Waals surface area contributed by atoms with Gasteiger partial charge in [-0.1, -0.05) is 6.07 Å². The van der Waals surface area contributed by atoms with Crippen LogP contribution in [0.1, 0.15) is 0 Å². The van der Waals surface area contributed by atoms with Gasteiger partial charge >= 0.3 is 6.03 Å². The number of nitro benzene ring substituents is 1. The van der Waals surface area contributed by atoms with Gasteiger partial charge in [0.25, 0.3) is 5.69 Å². The lowest BCUT2D eigenvalue weighted by atomic mass is 10.2. The van der Waals surface area contributed by atoms with Crippen LogP contribution in [0.2, 0.25) is 0 Å². The fraction of sp³-hybridized carbons (Fsp3) is 0.300. The Morgan fingerprint density at radius 3 is 2.69 bits per heavy atom. The van der Waals surface area contributed by atoms with Gasteiger partial charge in [0, 0.05) is 32.3 Å². The highest BCUT2D eigenvalue weighted by Gasteiger charge is 2.27. The molecule has 0 bridgehead atoms. The Bertz CT molecular complexity index is 447. The van der Waals surface area contributed by atoms with Crippen LogP contribution in [-0.2, 0) is 0 Å². The molecule has 1 fully saturated rings. The number of nitro groups is 1. The number of likely N-dealkylation sites (N-methyl/N-ethyl adjacent to an activating group) is 1. The van der Waals surface area contributed by atoms with Gasteiger partial charge in [-0.2, -0.15) is 0 Å². The molecule has 1 aromatic carbocycles. The van der Waals surface area contributed by atoms with E-state index in [1.807, 2.05) is 0 Å². The van der Waals surface area contributed by atoms with Crippen LogP contribution in [0.5, 0.6) is 0 Å². The number of hydrogen-bond donors (Lipinski definition) is 0. The summed E-state index contributed by atoms with van der Waals surface area (Å²) in [5.41, 5.74) is 0.573. The summed E-state index contributed by atoms with van der Waals surface area (Å²) in [5.74, 6) is 0. The van der Waals surface area contributed by atoms with E-state index < -0.39 is 4.92 Å². The van der Waals surface area contributed by atoms with Gasteiger partial charge in [0.2, 0.25) is 0 Å². The van der Waals surface area contributed by atoms with Gasteiger partial charge in [-0.3, -0.25) is 15.0 Å². The third-order valence-electron chi connectivity index (χ3n) is 2.57. The van der Waals surface area contributed by atoms with Gasteiger partial charge in [0.1, 0.15) is 0 Å². The molecular formula is C10H11N3O3. The molecule has 1 heterocycles. The predicted octanol–water partition coefficient (Wildman–Crippen LogP) is 1.47. The van der Waals surface area contributed by atoms with Crippen LogP contribution in [0.4, 0.5) is 16.2 Å². The lowest BCUT2D eigenvalue weighted by Gasteiger charge is -2.15. The van der Waals surface area contributed by atoms with E-state index in [1.54, 1.807) is 24.1 Å². The number of urea groups is 1. The van der Waals surface area contributed by atoms with Crippen molar-refractivity contribution in [3.8, 4) is 0 Å². The second-order valence-electron chi connectivity index (χ2n) is 3.63. The van der Waals surface area contributed by atoms with E-state index in [4.69, 9.17) is 0 Å². The Morgan fingerprint density at radius 1 is 1.38 bits per heavy atom. The highest BCUT2D eigenvalue weighted by Crippen LogP contribution is 2.23. The highest BCUT2D eigenvalue weighted by molar-refractivity contribution is 5.94. The van der Waals surface area contributed by atoms with Crippen LogP contribution in [0.15, 0.2) is 24.3 Å². The standard InChI is InChI=1S/C10H11N3O3/c1-11-5-6-12(10(11)14)8-3-2-4-9(7-8)13(15)16/h2-4,7H,5-6H2,1H3. The Hall–Kier alpha value is -2.11. The molecular weight excluding hydrogens is 210 g/mol. The van der Waals surface area contributed by atoms with Crippen molar-refractivity contribution in [3.05, 3.63) is 34.4 Å². The highest BCUT2D eigenvalue weighted by atomic mass is 16.6. The first kappa shape index (κ1) is 10.4. The third kappa shape index (κ3) is 1.69. The fourth-order valence-corrected chi connectivity index (χ4v) is 1.66. The number of anilines is 1. The lowest BCUT2D eigenvalue weighted by molar-refractivity contribution is -0.384. The number of nitrogens with zero attached hydrogens (tertiary/aromatic N) is 3. The van der Waals surface area contributed by atoms with Gasteiger partial charge in [-0.05, 0) is 6.07 Å². The van der Waals surface area contributed by atoms with Crippen molar-refractivity contribution in [2.45, 2.75) is 0 Å². The van der Waals surface area contributed by atoms with Crippen molar-refractivity contribution in [2.75, 3.05) is 25.0 Å². The summed E-state index contributed by atoms with van der Waals surface area (Å²) in [6.45, 7) is 1.21. The van der Waals surface area contributed by atoms with Crippen LogP contribution in [0.3, 0.4) is 0 Å². The summed E-state index contributed by atoms with van der Waals surface area (Å²) in [6, 6.07) is 5.98. The molecule has 0 saturated carbocycles. The zero-order chi connectivity index (χ0) is 11.7. The van der Waals surface area contributed by atoms with Crippen molar-refractivity contribution >= 4 is 17.4 Å². The molecule has 6 nitrogen and oxygen atoms in total. The summed E-state index contributed by atoms with van der Waals surface area (Å²) in [5, 5.41) is 10.6. The van der Waals surface area contributed by atoms with E-state index in [2.05, 4.69) is 0 Å². The number of carbonyl (C=O) groups is 1. The maximum atomic E-state index is 11.7. The average molecular weight is 221 g/mol. The molecule has 0 unspecified atom stereocenters. The Kier molecular flexibility index (Phi) is 2.47. The molecule has 0 spiro atoms. The molecule has 1 aliphatic heterocycles. The lowest BCUT2D eigenvalue weighted by Crippen LogP contribution is -2.29. The first-order valence-electron chi connectivity index (χ1n) is 4.86. The SMILES string of the molecule is CN1CCN(c2cccc([N+](=O)[O-])c2)C1=O. The number of amides is 2. The van der Waals surface area contributed by atoms with Crippen molar-refractivity contribution < 1.29 is 9.72 Å². The Morgan fingerprint density at radius 2 is 2.12 bits per heavy atom. The zero-order valence-corrected chi connectivity index (χ0v) is 8.79. The first-order chi connectivity index (χ1) is 7.59. The topological polar surface area (TPSA) is 66.7 Å². The van der Waals surface area contributed by atoms with E-state index in [1.165, 1.54) is 17.0 Å². The minimum absolute atomic E-state index is 0.000136. The first-order valence-corrected chi connectivity index (χ1v) is 4.86. The number of non-ortho nitro benzene ring substituents is 1. The molecule has 84 valence electrons. The van der Waals surface area contributed by atoms with Crippen LogP contribution in [0, 0.1) is 10.1 Å². The third-order valence-corrected chi connectivity index (χ3v) is 2.57. The number of carbonyl (C=O) groups excluding carboxylic acids is 1. The van der Waals surface area contributed by atoms with Crippen LogP contribution < -0.4 is 4.90 Å². The van der Waals surface area contributed by atoms with E-state index >= 15 is 0 Å². The van der Waals surface area contributed by atoms with Crippen molar-refractivity contribution in [3.63, 3.8) is 0 Å². The summed E-state index contributed by atoms with van der Waals surface area (Å²) in [7, 11) is 1.71. The van der Waals surface area contributed by atoms with E-state index in [0.29, 0.717) is 18.8 Å². The summed E-state index contributed by atoms with van der Waals surface area (Å²) >= 11 is 0. The van der Waals surface area contributed by atoms with Gasteiger partial charge < -0.3 is 4.90 Å². The minimum Gasteiger partial charge on any atom is -0.326 e. The average Bonchev–Trinajstić information content (AvgIpc) is 2.60. The van der Waals surface area contributed by atoms with E-state index in [9.17, 15) is 14.9 Å². The smallest absolute Gasteiger partial charge is 0.324 e. The summed E-state index contributed by atoms with van der Waals surface area (Å²) in [4.78, 5) is 24.9. The van der Waals surface area contributed by atoms with Gasteiger partial charge in [-0.15, -0.1) is 0 Å². The fourth-order valence-electron chi connectivity index (χ4n) is 1.66. The maximum Gasteiger partial charge on any atom is 0.324 e. The zero-order valence-electron chi connectivity index (χ0n) is 8.79. The largest absolute Gasteiger partial charge is 0.326 e. The second kappa shape index (κ2) is 3.80. The minimum atomic E-state index is -0.465. The monoisotopic (exact) mass is 221 g/mol. The van der Waals surface area contributed by atoms with Crippen molar-refractivity contribution in [1.82, 2.24) is 4.90 Å². The number of rotatable bonds is 2. The molecule has 1 saturated heterocycles. The molecule has 6 heteroatoms. The predicted molar refractivity (Wildman–Crippen MR) is 58.5 cm³/mol. The van der Waals surface area contributed by atoms with Gasteiger partial charge in [0.15, 0.2) is 0 Å². The molecule has 1 aliphatic rings. The Balaban J connectivity index is 2.31. The number of hydrogen-bond acceptors (Lipinski definition) is 3. The molecule has 0 N–H and O–H groups in total. The van der Waals surface area contributed by atoms with Crippen LogP contribution in [0.25, 0.3) is 0 Å². The van der Waals surface area contributed by atoms with Crippen LogP contribution >= 0.6 is 0 Å². The van der Waals surface area contributed by atoms with Crippen molar-refractivity contribution in [1.29, 1.82) is 0 Å². The normalized spacial score (nSPS) is 15.7. The summed E-state index contributed by atoms with van der Waals surface area (Å²) in [6.07, 6.45) is 0. The van der Waals surface area contributed by atoms with Gasteiger partial charge in [0.05, 0.1) is 10.6 Å². The molecule has 0 radical (unpaired) electrons. The van der Waals surface area contributed by atoms with Crippen molar-refractivity contribution in [2.24, 2.45) is 0 Å². The molecule has 2 rings (SSSR count). The second-order valence-corrected chi connectivity index (χ2v) is 3.63. The summed E-state index contributed by atoms with van der Waals surface area (Å²) < 4.78 is 0. The molecule has 16 heavy (non-hydrogen) atoms. The van der Waals surface area contributed by atoms with Crippen LogP contribution in [-0.4, -0.2) is 36.0 Å². The molecule has 0 atom stereocenters. The molecule has 2 amide bonds. The molecule has 0 aromatic heterocycles.